The lowest BCUT2D eigenvalue weighted by atomic mass is 9.96. The minimum Gasteiger partial charge on any atom is -0.497 e. The first-order valence-electron chi connectivity index (χ1n) is 9.52. The molecule has 0 spiro atoms. The molecule has 7 nitrogen and oxygen atoms in total. The standard InChI is InChI=1S/C20H29N3O4.ClH/c1-21-11-14-5-4-6-22(12-14)20(25)15-7-19(24)23(13-15)16-8-17(26-2)10-18(9-16)27-3;/h8-10,14-15,21H,4-7,11-13H2,1-3H3;1H. The molecule has 2 unspecified atom stereocenters. The maximum atomic E-state index is 13.0. The van der Waals surface area contributed by atoms with Crippen molar-refractivity contribution in [3.05, 3.63) is 18.2 Å². The third kappa shape index (κ3) is 4.89. The van der Waals surface area contributed by atoms with Crippen LogP contribution >= 0.6 is 12.4 Å². The van der Waals surface area contributed by atoms with Crippen LogP contribution in [-0.2, 0) is 9.59 Å². The van der Waals surface area contributed by atoms with Gasteiger partial charge >= 0.3 is 0 Å². The fourth-order valence-electron chi connectivity index (χ4n) is 4.05. The number of likely N-dealkylation sites (tertiary alicyclic amines) is 1. The molecule has 2 saturated heterocycles. The SMILES string of the molecule is CNCC1CCCN(C(=O)C2CC(=O)N(c3cc(OC)cc(OC)c3)C2)C1.Cl. The number of rotatable bonds is 6. The second-order valence-electron chi connectivity index (χ2n) is 7.33. The Labute approximate surface area is 172 Å². The molecule has 2 aliphatic rings. The summed E-state index contributed by atoms with van der Waals surface area (Å²) in [4.78, 5) is 29.2. The molecule has 0 bridgehead atoms. The first-order valence-corrected chi connectivity index (χ1v) is 9.52. The predicted molar refractivity (Wildman–Crippen MR) is 110 cm³/mol. The van der Waals surface area contributed by atoms with Crippen LogP contribution in [0.5, 0.6) is 11.5 Å². The molecular formula is C20H30ClN3O4. The van der Waals surface area contributed by atoms with Gasteiger partial charge in [-0.15, -0.1) is 12.4 Å². The molecule has 1 aromatic carbocycles. The maximum Gasteiger partial charge on any atom is 0.228 e. The summed E-state index contributed by atoms with van der Waals surface area (Å²) < 4.78 is 10.6. The number of amides is 2. The Morgan fingerprint density at radius 2 is 1.86 bits per heavy atom. The molecule has 0 aliphatic carbocycles. The van der Waals surface area contributed by atoms with Crippen molar-refractivity contribution in [2.24, 2.45) is 11.8 Å². The van der Waals surface area contributed by atoms with Gasteiger partial charge < -0.3 is 24.6 Å². The van der Waals surface area contributed by atoms with Crippen LogP contribution in [-0.4, -0.2) is 64.2 Å². The molecule has 2 fully saturated rings. The van der Waals surface area contributed by atoms with Crippen LogP contribution in [0, 0.1) is 11.8 Å². The average Bonchev–Trinajstić information content (AvgIpc) is 3.09. The highest BCUT2D eigenvalue weighted by molar-refractivity contribution is 6.00. The van der Waals surface area contributed by atoms with E-state index < -0.39 is 0 Å². The largest absolute Gasteiger partial charge is 0.497 e. The predicted octanol–water partition coefficient (Wildman–Crippen LogP) is 1.94. The van der Waals surface area contributed by atoms with Gasteiger partial charge in [-0.3, -0.25) is 9.59 Å². The summed E-state index contributed by atoms with van der Waals surface area (Å²) in [5.41, 5.74) is 0.707. The Hall–Kier alpha value is -1.99. The van der Waals surface area contributed by atoms with Gasteiger partial charge in [-0.2, -0.15) is 0 Å². The van der Waals surface area contributed by atoms with Gasteiger partial charge in [0.25, 0.3) is 0 Å². The molecule has 2 amide bonds. The molecule has 1 aromatic rings. The van der Waals surface area contributed by atoms with Gasteiger partial charge in [0, 0.05) is 44.3 Å². The van der Waals surface area contributed by atoms with E-state index in [1.165, 1.54) is 0 Å². The van der Waals surface area contributed by atoms with Crippen molar-refractivity contribution in [2.45, 2.75) is 19.3 Å². The molecule has 156 valence electrons. The van der Waals surface area contributed by atoms with Gasteiger partial charge in [0.05, 0.1) is 25.8 Å². The molecular weight excluding hydrogens is 382 g/mol. The smallest absolute Gasteiger partial charge is 0.228 e. The fraction of sp³-hybridized carbons (Fsp3) is 0.600. The highest BCUT2D eigenvalue weighted by Gasteiger charge is 2.38. The number of nitrogens with one attached hydrogen (secondary N) is 1. The van der Waals surface area contributed by atoms with Gasteiger partial charge in [0.2, 0.25) is 11.8 Å². The lowest BCUT2D eigenvalue weighted by Crippen LogP contribution is -2.45. The zero-order valence-electron chi connectivity index (χ0n) is 16.8. The number of hydrogen-bond donors (Lipinski definition) is 1. The first kappa shape index (κ1) is 22.3. The van der Waals surface area contributed by atoms with Crippen LogP contribution in [0.3, 0.4) is 0 Å². The van der Waals surface area contributed by atoms with E-state index in [1.807, 2.05) is 11.9 Å². The number of nitrogens with zero attached hydrogens (tertiary/aromatic N) is 2. The topological polar surface area (TPSA) is 71.1 Å². The highest BCUT2D eigenvalue weighted by atomic mass is 35.5. The summed E-state index contributed by atoms with van der Waals surface area (Å²) in [6.45, 7) is 2.89. The molecule has 0 saturated carbocycles. The van der Waals surface area contributed by atoms with Crippen molar-refractivity contribution in [2.75, 3.05) is 52.3 Å². The van der Waals surface area contributed by atoms with E-state index in [0.717, 1.165) is 32.5 Å². The lowest BCUT2D eigenvalue weighted by molar-refractivity contribution is -0.137. The number of carbonyl (C=O) groups is 2. The minimum atomic E-state index is -0.289. The Balaban J connectivity index is 0.00000280. The van der Waals surface area contributed by atoms with Crippen molar-refractivity contribution < 1.29 is 19.1 Å². The number of hydrogen-bond acceptors (Lipinski definition) is 5. The second kappa shape index (κ2) is 9.98. The summed E-state index contributed by atoms with van der Waals surface area (Å²) in [5.74, 6) is 1.51. The lowest BCUT2D eigenvalue weighted by Gasteiger charge is -2.34. The minimum absolute atomic E-state index is 0. The summed E-state index contributed by atoms with van der Waals surface area (Å²) in [5, 5.41) is 3.20. The molecule has 2 atom stereocenters. The molecule has 3 rings (SSSR count). The van der Waals surface area contributed by atoms with Crippen molar-refractivity contribution in [1.29, 1.82) is 0 Å². The van der Waals surface area contributed by atoms with Gasteiger partial charge in [0.15, 0.2) is 0 Å². The van der Waals surface area contributed by atoms with Gasteiger partial charge in [-0.05, 0) is 32.4 Å². The van der Waals surface area contributed by atoms with E-state index in [4.69, 9.17) is 9.47 Å². The monoisotopic (exact) mass is 411 g/mol. The number of ether oxygens (including phenoxy) is 2. The van der Waals surface area contributed by atoms with Crippen molar-refractivity contribution in [3.8, 4) is 11.5 Å². The third-order valence-corrected chi connectivity index (χ3v) is 5.45. The zero-order chi connectivity index (χ0) is 19.4. The van der Waals surface area contributed by atoms with Gasteiger partial charge in [0.1, 0.15) is 11.5 Å². The van der Waals surface area contributed by atoms with Crippen LogP contribution < -0.4 is 19.7 Å². The van der Waals surface area contributed by atoms with Crippen LogP contribution in [0.15, 0.2) is 18.2 Å². The Bertz CT molecular complexity index is 676. The summed E-state index contributed by atoms with van der Waals surface area (Å²) in [6, 6.07) is 5.37. The number of carbonyl (C=O) groups excluding carboxylic acids is 2. The molecule has 0 aromatic heterocycles. The molecule has 8 heteroatoms. The van der Waals surface area contributed by atoms with Crippen molar-refractivity contribution in [1.82, 2.24) is 10.2 Å². The Morgan fingerprint density at radius 3 is 2.46 bits per heavy atom. The molecule has 2 heterocycles. The van der Waals surface area contributed by atoms with E-state index >= 15 is 0 Å². The molecule has 0 radical (unpaired) electrons. The summed E-state index contributed by atoms with van der Waals surface area (Å²) in [6.07, 6.45) is 2.42. The van der Waals surface area contributed by atoms with Crippen LogP contribution in [0.25, 0.3) is 0 Å². The molecule has 28 heavy (non-hydrogen) atoms. The quantitative estimate of drug-likeness (QED) is 0.774. The number of halogens is 1. The third-order valence-electron chi connectivity index (χ3n) is 5.45. The van der Waals surface area contributed by atoms with Crippen LogP contribution in [0.2, 0.25) is 0 Å². The fourth-order valence-corrected chi connectivity index (χ4v) is 4.05. The number of anilines is 1. The Kier molecular flexibility index (Phi) is 7.95. The number of methoxy groups -OCH3 is 2. The number of piperidine rings is 1. The van der Waals surface area contributed by atoms with Crippen molar-refractivity contribution >= 4 is 29.9 Å². The normalized spacial score (nSPS) is 22.0. The molecule has 2 aliphatic heterocycles. The maximum absolute atomic E-state index is 13.0. The molecule has 1 N–H and O–H groups in total. The van der Waals surface area contributed by atoms with Crippen LogP contribution in [0.1, 0.15) is 19.3 Å². The van der Waals surface area contributed by atoms with E-state index in [9.17, 15) is 9.59 Å². The second-order valence-corrected chi connectivity index (χ2v) is 7.33. The first-order chi connectivity index (χ1) is 13.0. The number of benzene rings is 1. The van der Waals surface area contributed by atoms with Gasteiger partial charge in [-0.1, -0.05) is 0 Å². The Morgan fingerprint density at radius 1 is 1.18 bits per heavy atom. The van der Waals surface area contributed by atoms with Crippen molar-refractivity contribution in [3.63, 3.8) is 0 Å². The van der Waals surface area contributed by atoms with E-state index in [2.05, 4.69) is 5.32 Å². The van der Waals surface area contributed by atoms with Crippen LogP contribution in [0.4, 0.5) is 5.69 Å². The summed E-state index contributed by atoms with van der Waals surface area (Å²) >= 11 is 0. The van der Waals surface area contributed by atoms with E-state index in [0.29, 0.717) is 29.6 Å². The van der Waals surface area contributed by atoms with Gasteiger partial charge in [-0.25, -0.2) is 0 Å². The zero-order valence-corrected chi connectivity index (χ0v) is 17.6. The highest BCUT2D eigenvalue weighted by Crippen LogP contribution is 2.33. The van der Waals surface area contributed by atoms with E-state index in [-0.39, 0.29) is 36.6 Å². The van der Waals surface area contributed by atoms with E-state index in [1.54, 1.807) is 37.3 Å². The summed E-state index contributed by atoms with van der Waals surface area (Å²) in [7, 11) is 5.10. The average molecular weight is 412 g/mol.